The average molecular weight is 391 g/mol. The zero-order chi connectivity index (χ0) is 21.9. The summed E-state index contributed by atoms with van der Waals surface area (Å²) in [7, 11) is 3.02. The fourth-order valence-electron chi connectivity index (χ4n) is 1.94. The number of likely N-dealkylation sites (N-methyl/N-ethyl adjacent to an activating group) is 1. The van der Waals surface area contributed by atoms with Crippen molar-refractivity contribution in [3.63, 3.8) is 0 Å². The largest absolute Gasteiger partial charge is 0.351 e. The molecule has 0 saturated heterocycles. The minimum absolute atomic E-state index is 0.106. The molecule has 0 bridgehead atoms. The minimum atomic E-state index is -0.571. The maximum absolute atomic E-state index is 11.3. The number of urea groups is 1. The van der Waals surface area contributed by atoms with Crippen molar-refractivity contribution in [2.45, 2.75) is 27.2 Å². The van der Waals surface area contributed by atoms with E-state index in [1.54, 1.807) is 45.2 Å². The summed E-state index contributed by atoms with van der Waals surface area (Å²) in [5, 5.41) is 2.71. The zero-order valence-corrected chi connectivity index (χ0v) is 17.0. The summed E-state index contributed by atoms with van der Waals surface area (Å²) in [5.41, 5.74) is 11.7. The summed E-state index contributed by atoms with van der Waals surface area (Å²) in [6.45, 7) is 6.04. The summed E-state index contributed by atoms with van der Waals surface area (Å²) in [5.74, 6) is -0.525. The van der Waals surface area contributed by atoms with Crippen molar-refractivity contribution < 1.29 is 19.2 Å². The normalized spacial score (nSPS) is 12.2. The highest BCUT2D eigenvalue weighted by molar-refractivity contribution is 6.15. The van der Waals surface area contributed by atoms with Gasteiger partial charge in [0.1, 0.15) is 0 Å². The third kappa shape index (κ3) is 7.58. The number of carbonyl (C=O) groups excluding carboxylic acids is 4. The summed E-state index contributed by atoms with van der Waals surface area (Å²) < 4.78 is 0. The molecular formula is C19H29N5O4. The Labute approximate surface area is 165 Å². The van der Waals surface area contributed by atoms with Crippen LogP contribution in [-0.2, 0) is 14.4 Å². The van der Waals surface area contributed by atoms with E-state index in [9.17, 15) is 19.2 Å². The lowest BCUT2D eigenvalue weighted by Gasteiger charge is -2.18. The Morgan fingerprint density at radius 3 is 2.07 bits per heavy atom. The lowest BCUT2D eigenvalue weighted by Crippen LogP contribution is -2.32. The average Bonchev–Trinajstić information content (AvgIpc) is 2.88. The van der Waals surface area contributed by atoms with Gasteiger partial charge >= 0.3 is 6.03 Å². The Morgan fingerprint density at radius 2 is 1.71 bits per heavy atom. The van der Waals surface area contributed by atoms with Crippen LogP contribution in [-0.4, -0.2) is 49.3 Å². The van der Waals surface area contributed by atoms with Crippen molar-refractivity contribution >= 4 is 35.1 Å². The molecule has 2 rings (SSSR count). The van der Waals surface area contributed by atoms with Gasteiger partial charge in [0, 0.05) is 32.2 Å². The topological polar surface area (TPSA) is 139 Å². The first-order valence-corrected chi connectivity index (χ1v) is 8.72. The van der Waals surface area contributed by atoms with Gasteiger partial charge in [-0.05, 0) is 25.6 Å². The maximum Gasteiger partial charge on any atom is 0.319 e. The third-order valence-corrected chi connectivity index (χ3v) is 3.50. The van der Waals surface area contributed by atoms with Crippen molar-refractivity contribution in [3.8, 4) is 0 Å². The molecule has 1 aromatic carbocycles. The molecular weight excluding hydrogens is 362 g/mol. The molecule has 0 atom stereocenters. The molecule has 0 aromatic heterocycles. The Kier molecular flexibility index (Phi) is 10.8. The van der Waals surface area contributed by atoms with E-state index in [-0.39, 0.29) is 17.7 Å². The van der Waals surface area contributed by atoms with E-state index in [1.807, 2.05) is 6.92 Å². The predicted octanol–water partition coefficient (Wildman–Crippen LogP) is 1.45. The van der Waals surface area contributed by atoms with Crippen LogP contribution in [0.1, 0.15) is 27.2 Å². The van der Waals surface area contributed by atoms with E-state index in [0.29, 0.717) is 23.4 Å². The number of carbonyl (C=O) groups is 4. The molecule has 0 aliphatic carbocycles. The van der Waals surface area contributed by atoms with E-state index in [2.05, 4.69) is 5.32 Å². The maximum atomic E-state index is 11.3. The summed E-state index contributed by atoms with van der Waals surface area (Å²) in [6, 6.07) is 6.43. The van der Waals surface area contributed by atoms with Gasteiger partial charge in [-0.2, -0.15) is 0 Å². The standard InChI is InChI=1S/C11H15N3O2.C6H7NO2.C2H7N/c1-3-10(15)13-8-6-4-5-7-9(8)14(2)11(12)16;1-4-3-5(8)7(2)6(4)9;1-2-3/h4-7H,3H2,1-2H3,(H2,12,16)(H,13,15);3H,1-2H3;2-3H2,1H3. The van der Waals surface area contributed by atoms with Crippen LogP contribution >= 0.6 is 0 Å². The summed E-state index contributed by atoms with van der Waals surface area (Å²) in [6.07, 6.45) is 1.72. The molecule has 1 aromatic rings. The molecule has 9 nitrogen and oxygen atoms in total. The van der Waals surface area contributed by atoms with E-state index < -0.39 is 6.03 Å². The number of para-hydroxylation sites is 2. The van der Waals surface area contributed by atoms with Crippen LogP contribution in [0.3, 0.4) is 0 Å². The molecule has 0 radical (unpaired) electrons. The molecule has 9 heteroatoms. The first-order valence-electron chi connectivity index (χ1n) is 8.72. The van der Waals surface area contributed by atoms with Crippen molar-refractivity contribution in [3.05, 3.63) is 35.9 Å². The van der Waals surface area contributed by atoms with Gasteiger partial charge in [-0.1, -0.05) is 26.0 Å². The van der Waals surface area contributed by atoms with Crippen LogP contribution in [0.25, 0.3) is 0 Å². The van der Waals surface area contributed by atoms with Crippen LogP contribution in [0, 0.1) is 0 Å². The molecule has 5 N–H and O–H groups in total. The van der Waals surface area contributed by atoms with Crippen molar-refractivity contribution in [2.75, 3.05) is 30.9 Å². The molecule has 1 aliphatic heterocycles. The van der Waals surface area contributed by atoms with Gasteiger partial charge < -0.3 is 16.8 Å². The van der Waals surface area contributed by atoms with Crippen LogP contribution < -0.4 is 21.7 Å². The molecule has 0 fully saturated rings. The predicted molar refractivity (Wildman–Crippen MR) is 110 cm³/mol. The lowest BCUT2D eigenvalue weighted by atomic mass is 10.2. The molecule has 154 valence electrons. The Bertz CT molecular complexity index is 746. The fourth-order valence-corrected chi connectivity index (χ4v) is 1.94. The number of imide groups is 1. The van der Waals surface area contributed by atoms with Crippen molar-refractivity contribution in [1.82, 2.24) is 4.90 Å². The monoisotopic (exact) mass is 391 g/mol. The Morgan fingerprint density at radius 1 is 1.18 bits per heavy atom. The van der Waals surface area contributed by atoms with Gasteiger partial charge in [-0.15, -0.1) is 0 Å². The number of benzene rings is 1. The minimum Gasteiger partial charge on any atom is -0.351 e. The Hall–Kier alpha value is -3.20. The second-order valence-electron chi connectivity index (χ2n) is 5.75. The molecule has 1 aliphatic rings. The molecule has 0 spiro atoms. The van der Waals surface area contributed by atoms with Gasteiger partial charge in [0.05, 0.1) is 11.4 Å². The Balaban J connectivity index is 0.000000509. The van der Waals surface area contributed by atoms with Gasteiger partial charge in [0.2, 0.25) is 5.91 Å². The smallest absolute Gasteiger partial charge is 0.319 e. The lowest BCUT2D eigenvalue weighted by molar-refractivity contribution is -0.135. The van der Waals surface area contributed by atoms with Crippen molar-refractivity contribution in [1.29, 1.82) is 0 Å². The zero-order valence-electron chi connectivity index (χ0n) is 17.0. The number of rotatable bonds is 3. The highest BCUT2D eigenvalue weighted by Crippen LogP contribution is 2.24. The van der Waals surface area contributed by atoms with E-state index in [1.165, 1.54) is 18.0 Å². The second-order valence-corrected chi connectivity index (χ2v) is 5.75. The highest BCUT2D eigenvalue weighted by Gasteiger charge is 2.23. The molecule has 0 unspecified atom stereocenters. The van der Waals surface area contributed by atoms with Gasteiger partial charge in [-0.3, -0.25) is 24.2 Å². The first kappa shape index (κ1) is 24.8. The van der Waals surface area contributed by atoms with Crippen LogP contribution in [0.4, 0.5) is 16.2 Å². The summed E-state index contributed by atoms with van der Waals surface area (Å²) in [4.78, 5) is 46.1. The van der Waals surface area contributed by atoms with Crippen LogP contribution in [0.5, 0.6) is 0 Å². The number of hydrogen-bond donors (Lipinski definition) is 3. The van der Waals surface area contributed by atoms with Crippen LogP contribution in [0.2, 0.25) is 0 Å². The molecule has 28 heavy (non-hydrogen) atoms. The summed E-state index contributed by atoms with van der Waals surface area (Å²) >= 11 is 0. The first-order chi connectivity index (χ1) is 13.1. The number of nitrogens with one attached hydrogen (secondary N) is 1. The number of nitrogens with zero attached hydrogens (tertiary/aromatic N) is 2. The third-order valence-electron chi connectivity index (χ3n) is 3.50. The molecule has 1 heterocycles. The number of hydrogen-bond acceptors (Lipinski definition) is 5. The quantitative estimate of drug-likeness (QED) is 0.669. The van der Waals surface area contributed by atoms with Gasteiger partial charge in [-0.25, -0.2) is 4.79 Å². The van der Waals surface area contributed by atoms with Gasteiger partial charge in [0.15, 0.2) is 0 Å². The SMILES string of the molecule is CC1=CC(=O)N(C)C1=O.CCC(=O)Nc1ccccc1N(C)C(N)=O.CCN. The van der Waals surface area contributed by atoms with E-state index in [4.69, 9.17) is 11.5 Å². The molecule has 5 amide bonds. The number of amides is 5. The van der Waals surface area contributed by atoms with E-state index >= 15 is 0 Å². The fraction of sp³-hybridized carbons (Fsp3) is 0.368. The van der Waals surface area contributed by atoms with Crippen molar-refractivity contribution in [2.24, 2.45) is 11.5 Å². The second kappa shape index (κ2) is 12.2. The van der Waals surface area contributed by atoms with Crippen LogP contribution in [0.15, 0.2) is 35.9 Å². The van der Waals surface area contributed by atoms with E-state index in [0.717, 1.165) is 11.4 Å². The number of nitrogens with two attached hydrogens (primary N) is 2. The molecule has 0 saturated carbocycles. The number of anilines is 2. The number of primary amides is 1. The van der Waals surface area contributed by atoms with Gasteiger partial charge in [0.25, 0.3) is 11.8 Å². The highest BCUT2D eigenvalue weighted by atomic mass is 16.2.